The third-order valence-electron chi connectivity index (χ3n) is 3.60. The molecule has 5 heteroatoms. The monoisotopic (exact) mass is 273 g/mol. The number of aromatic amines is 1. The van der Waals surface area contributed by atoms with Crippen molar-refractivity contribution in [3.8, 4) is 6.07 Å². The molecule has 1 aliphatic heterocycles. The van der Waals surface area contributed by atoms with E-state index in [9.17, 15) is 0 Å². The molecule has 98 valence electrons. The van der Waals surface area contributed by atoms with Crippen molar-refractivity contribution < 1.29 is 4.74 Å². The molecule has 0 aliphatic carbocycles. The number of nitrogens with zero attached hydrogens (tertiary/aromatic N) is 2. The van der Waals surface area contributed by atoms with E-state index in [-0.39, 0.29) is 0 Å². The molecule has 1 N–H and O–H groups in total. The first-order valence-corrected chi connectivity index (χ1v) is 6.89. The van der Waals surface area contributed by atoms with Gasteiger partial charge in [0, 0.05) is 19.1 Å². The Balaban J connectivity index is 1.99. The van der Waals surface area contributed by atoms with Gasteiger partial charge in [-0.3, -0.25) is 0 Å². The highest BCUT2D eigenvalue weighted by molar-refractivity contribution is 7.71. The van der Waals surface area contributed by atoms with Crippen LogP contribution in [-0.4, -0.2) is 22.8 Å². The summed E-state index contributed by atoms with van der Waals surface area (Å²) >= 11 is 5.38. The highest BCUT2D eigenvalue weighted by Gasteiger charge is 2.16. The highest BCUT2D eigenvalue weighted by Crippen LogP contribution is 2.21. The van der Waals surface area contributed by atoms with Crippen molar-refractivity contribution in [1.29, 1.82) is 5.26 Å². The fourth-order valence-corrected chi connectivity index (χ4v) is 2.90. The van der Waals surface area contributed by atoms with Crippen LogP contribution in [-0.2, 0) is 11.3 Å². The molecule has 3 rings (SSSR count). The van der Waals surface area contributed by atoms with Gasteiger partial charge in [-0.05, 0) is 43.3 Å². The molecule has 2 heterocycles. The Kier molecular flexibility index (Phi) is 3.36. The zero-order valence-corrected chi connectivity index (χ0v) is 11.4. The molecule has 1 saturated heterocycles. The van der Waals surface area contributed by atoms with Gasteiger partial charge in [0.25, 0.3) is 0 Å². The van der Waals surface area contributed by atoms with Crippen LogP contribution in [0.2, 0.25) is 0 Å². The molecular formula is C14H15N3OS. The summed E-state index contributed by atoms with van der Waals surface area (Å²) in [5.41, 5.74) is 2.66. The molecule has 19 heavy (non-hydrogen) atoms. The van der Waals surface area contributed by atoms with E-state index in [2.05, 4.69) is 15.6 Å². The summed E-state index contributed by atoms with van der Waals surface area (Å²) < 4.78 is 8.32. The summed E-state index contributed by atoms with van der Waals surface area (Å²) in [5, 5.41) is 9.00. The predicted octanol–water partition coefficient (Wildman–Crippen LogP) is 3.00. The van der Waals surface area contributed by atoms with Crippen molar-refractivity contribution in [2.45, 2.75) is 19.4 Å². The lowest BCUT2D eigenvalue weighted by molar-refractivity contribution is 0.0486. The molecule has 1 aromatic heterocycles. The average Bonchev–Trinajstić information content (AvgIpc) is 2.76. The van der Waals surface area contributed by atoms with Gasteiger partial charge in [0.1, 0.15) is 0 Å². The van der Waals surface area contributed by atoms with E-state index in [1.54, 1.807) is 0 Å². The van der Waals surface area contributed by atoms with Gasteiger partial charge >= 0.3 is 0 Å². The van der Waals surface area contributed by atoms with Gasteiger partial charge in [0.15, 0.2) is 4.77 Å². The number of nitrogens with one attached hydrogen (secondary N) is 1. The maximum atomic E-state index is 9.00. The molecule has 0 saturated carbocycles. The molecule has 1 unspecified atom stereocenters. The second kappa shape index (κ2) is 5.16. The van der Waals surface area contributed by atoms with Gasteiger partial charge in [-0.2, -0.15) is 5.26 Å². The third-order valence-corrected chi connectivity index (χ3v) is 3.92. The van der Waals surface area contributed by atoms with Crippen molar-refractivity contribution >= 4 is 23.3 Å². The minimum atomic E-state index is 0.505. The molecule has 4 nitrogen and oxygen atoms in total. The second-order valence-electron chi connectivity index (χ2n) is 4.97. The van der Waals surface area contributed by atoms with Crippen LogP contribution >= 0.6 is 12.2 Å². The number of aromatic nitrogens is 2. The number of fused-ring (bicyclic) bond motifs is 1. The van der Waals surface area contributed by atoms with Crippen LogP contribution in [0, 0.1) is 22.0 Å². The van der Waals surface area contributed by atoms with Crippen LogP contribution in [0.3, 0.4) is 0 Å². The van der Waals surface area contributed by atoms with Crippen LogP contribution in [0.5, 0.6) is 0 Å². The van der Waals surface area contributed by atoms with Crippen LogP contribution in [0.15, 0.2) is 18.2 Å². The summed E-state index contributed by atoms with van der Waals surface area (Å²) in [6.45, 7) is 2.52. The zero-order valence-electron chi connectivity index (χ0n) is 10.6. The minimum Gasteiger partial charge on any atom is -0.381 e. The minimum absolute atomic E-state index is 0.505. The number of ether oxygens (including phenoxy) is 1. The number of H-pyrrole nitrogens is 1. The largest absolute Gasteiger partial charge is 0.381 e. The molecular weight excluding hydrogens is 258 g/mol. The summed E-state index contributed by atoms with van der Waals surface area (Å²) in [5.74, 6) is 0.505. The lowest BCUT2D eigenvalue weighted by atomic mass is 10.0. The van der Waals surface area contributed by atoms with Gasteiger partial charge in [-0.1, -0.05) is 0 Å². The first-order valence-electron chi connectivity index (χ1n) is 6.48. The molecule has 0 radical (unpaired) electrons. The van der Waals surface area contributed by atoms with E-state index in [0.717, 1.165) is 42.0 Å². The van der Waals surface area contributed by atoms with Gasteiger partial charge in [-0.25, -0.2) is 0 Å². The molecule has 1 atom stereocenters. The first kappa shape index (κ1) is 12.4. The third kappa shape index (κ3) is 2.42. The first-order chi connectivity index (χ1) is 9.28. The Hall–Kier alpha value is -1.64. The fourth-order valence-electron chi connectivity index (χ4n) is 2.61. The molecule has 0 amide bonds. The summed E-state index contributed by atoms with van der Waals surface area (Å²) in [6, 6.07) is 7.79. The van der Waals surface area contributed by atoms with E-state index in [0.29, 0.717) is 11.5 Å². The number of benzene rings is 1. The van der Waals surface area contributed by atoms with Crippen LogP contribution in [0.25, 0.3) is 11.0 Å². The molecule has 1 aliphatic rings. The van der Waals surface area contributed by atoms with Crippen molar-refractivity contribution in [2.75, 3.05) is 13.2 Å². The lowest BCUT2D eigenvalue weighted by Crippen LogP contribution is -2.22. The summed E-state index contributed by atoms with van der Waals surface area (Å²) in [7, 11) is 0. The van der Waals surface area contributed by atoms with E-state index < -0.39 is 0 Å². The standard InChI is InChI=1S/C14H15N3OS/c15-7-10-3-4-12-13(6-10)17(14(19)16-12)8-11-2-1-5-18-9-11/h3-4,6,11H,1-2,5,8-9H2,(H,16,19). The SMILES string of the molecule is N#Cc1ccc2[nH]c(=S)n(CC3CCCOC3)c2c1. The molecule has 0 spiro atoms. The fraction of sp³-hybridized carbons (Fsp3) is 0.429. The molecule has 0 bridgehead atoms. The van der Waals surface area contributed by atoms with Crippen LogP contribution in [0.4, 0.5) is 0 Å². The number of imidazole rings is 1. The smallest absolute Gasteiger partial charge is 0.178 e. The van der Waals surface area contributed by atoms with Gasteiger partial charge in [0.05, 0.1) is 29.3 Å². The van der Waals surface area contributed by atoms with Gasteiger partial charge < -0.3 is 14.3 Å². The highest BCUT2D eigenvalue weighted by atomic mass is 32.1. The van der Waals surface area contributed by atoms with Crippen molar-refractivity contribution in [3.63, 3.8) is 0 Å². The topological polar surface area (TPSA) is 53.7 Å². The van der Waals surface area contributed by atoms with E-state index >= 15 is 0 Å². The summed E-state index contributed by atoms with van der Waals surface area (Å²) in [4.78, 5) is 3.20. The normalized spacial score (nSPS) is 19.4. The van der Waals surface area contributed by atoms with Gasteiger partial charge in [0.2, 0.25) is 0 Å². The average molecular weight is 273 g/mol. The van der Waals surface area contributed by atoms with Crippen molar-refractivity contribution in [3.05, 3.63) is 28.5 Å². The maximum Gasteiger partial charge on any atom is 0.178 e. The Morgan fingerprint density at radius 3 is 3.16 bits per heavy atom. The van der Waals surface area contributed by atoms with E-state index in [4.69, 9.17) is 22.2 Å². The lowest BCUT2D eigenvalue weighted by Gasteiger charge is -2.22. The Morgan fingerprint density at radius 2 is 2.42 bits per heavy atom. The molecule has 1 aromatic carbocycles. The maximum absolute atomic E-state index is 9.00. The Labute approximate surface area is 116 Å². The zero-order chi connectivity index (χ0) is 13.2. The number of hydrogen-bond donors (Lipinski definition) is 1. The van der Waals surface area contributed by atoms with Crippen LogP contribution in [0.1, 0.15) is 18.4 Å². The van der Waals surface area contributed by atoms with E-state index in [1.165, 1.54) is 6.42 Å². The molecule has 1 fully saturated rings. The van der Waals surface area contributed by atoms with Crippen LogP contribution < -0.4 is 0 Å². The number of nitriles is 1. The van der Waals surface area contributed by atoms with Crippen molar-refractivity contribution in [1.82, 2.24) is 9.55 Å². The second-order valence-corrected chi connectivity index (χ2v) is 5.35. The molecule has 2 aromatic rings. The number of rotatable bonds is 2. The Bertz CT molecular complexity index is 689. The van der Waals surface area contributed by atoms with E-state index in [1.807, 2.05) is 18.2 Å². The summed E-state index contributed by atoms with van der Waals surface area (Å²) in [6.07, 6.45) is 2.29. The Morgan fingerprint density at radius 1 is 1.53 bits per heavy atom. The predicted molar refractivity (Wildman–Crippen MR) is 75.4 cm³/mol. The van der Waals surface area contributed by atoms with Gasteiger partial charge in [-0.15, -0.1) is 0 Å². The van der Waals surface area contributed by atoms with Crippen molar-refractivity contribution in [2.24, 2.45) is 5.92 Å². The quantitative estimate of drug-likeness (QED) is 0.856. The number of hydrogen-bond acceptors (Lipinski definition) is 3.